The normalized spacial score (nSPS) is 14.8. The van der Waals surface area contributed by atoms with E-state index < -0.39 is 30.9 Å². The van der Waals surface area contributed by atoms with E-state index in [0.29, 0.717) is 6.42 Å². The minimum atomic E-state index is -1.34. The molecule has 1 unspecified atom stereocenters. The summed E-state index contributed by atoms with van der Waals surface area (Å²) in [6, 6.07) is 0. The lowest BCUT2D eigenvalue weighted by atomic mass is 10.2. The number of hydrogen-bond acceptors (Lipinski definition) is 10. The van der Waals surface area contributed by atoms with Gasteiger partial charge in [-0.1, -0.05) is 21.3 Å². The van der Waals surface area contributed by atoms with Gasteiger partial charge in [0.1, 0.15) is 6.10 Å². The molecule has 0 aliphatic rings. The third kappa shape index (κ3) is 11.9. The van der Waals surface area contributed by atoms with Crippen molar-refractivity contribution in [3.05, 3.63) is 0 Å². The summed E-state index contributed by atoms with van der Waals surface area (Å²) in [5.74, 6) is -2.51. The van der Waals surface area contributed by atoms with Crippen molar-refractivity contribution in [1.82, 2.24) is 0 Å². The molecule has 168 valence electrons. The Hall–Kier alpha value is -0.400. The fourth-order valence-electron chi connectivity index (χ4n) is 1.60. The fourth-order valence-corrected chi connectivity index (χ4v) is 1.60. The van der Waals surface area contributed by atoms with Crippen LogP contribution in [0.15, 0.2) is 0 Å². The number of aliphatic hydroxyl groups is 6. The number of rotatable bonds is 14. The lowest BCUT2D eigenvalue weighted by Crippen LogP contribution is -2.44. The van der Waals surface area contributed by atoms with Crippen LogP contribution in [0.3, 0.4) is 0 Å². The molecule has 10 heteroatoms. The van der Waals surface area contributed by atoms with Crippen LogP contribution in [0.25, 0.3) is 0 Å². The van der Waals surface area contributed by atoms with Crippen molar-refractivity contribution in [2.75, 3.05) is 60.5 Å². The third-order valence-corrected chi connectivity index (χ3v) is 3.74. The number of aliphatic hydroxyl groups excluding tert-OH is 6. The van der Waals surface area contributed by atoms with Gasteiger partial charge in [0.25, 0.3) is 0 Å². The van der Waals surface area contributed by atoms with Gasteiger partial charge in [-0.05, 0) is 0 Å². The van der Waals surface area contributed by atoms with E-state index in [2.05, 4.69) is 0 Å². The van der Waals surface area contributed by atoms with Gasteiger partial charge in [-0.3, -0.25) is 0 Å². The Morgan fingerprint density at radius 2 is 1.22 bits per heavy atom. The first kappa shape index (κ1) is 31.3. The van der Waals surface area contributed by atoms with Crippen LogP contribution in [0.4, 0.5) is 0 Å². The second-order valence-corrected chi connectivity index (χ2v) is 5.76. The van der Waals surface area contributed by atoms with E-state index in [0.717, 1.165) is 0 Å². The molecule has 0 fully saturated rings. The monoisotopic (exact) mass is 404 g/mol. The SMILES string of the molecule is C.CC[C@@](CO)(OC)OC(CO)CO.COC(CO)(CO)OCC(C)CO. The largest absolute Gasteiger partial charge is 0.396 e. The highest BCUT2D eigenvalue weighted by Gasteiger charge is 2.31. The highest BCUT2D eigenvalue weighted by Crippen LogP contribution is 2.18. The lowest BCUT2D eigenvalue weighted by molar-refractivity contribution is -0.272. The molecular formula is C17H40O10. The average Bonchev–Trinajstić information content (AvgIpc) is 2.71. The minimum Gasteiger partial charge on any atom is -0.396 e. The van der Waals surface area contributed by atoms with E-state index in [4.69, 9.17) is 49.6 Å². The second-order valence-electron chi connectivity index (χ2n) is 5.76. The standard InChI is InChI=1S/2C8H18O5.CH4/c1-7(3-9)4-13-8(5-10,6-11)12-2;1-3-8(6-11,12-2)13-7(4-9)5-10;/h2*7,9-11H,3-6H2,1-2H3;1H4/t;8-;/m.1./s1. The molecule has 0 aromatic rings. The zero-order valence-corrected chi connectivity index (χ0v) is 16.1. The lowest BCUT2D eigenvalue weighted by Gasteiger charge is -2.32. The first-order chi connectivity index (χ1) is 12.3. The highest BCUT2D eigenvalue weighted by atomic mass is 16.7. The first-order valence-corrected chi connectivity index (χ1v) is 8.39. The topological polar surface area (TPSA) is 158 Å². The van der Waals surface area contributed by atoms with Crippen molar-refractivity contribution in [3.63, 3.8) is 0 Å². The molecule has 0 spiro atoms. The molecule has 0 amide bonds. The van der Waals surface area contributed by atoms with Crippen molar-refractivity contribution < 1.29 is 49.6 Å². The molecule has 0 aromatic heterocycles. The van der Waals surface area contributed by atoms with Gasteiger partial charge in [-0.25, -0.2) is 0 Å². The molecule has 0 aliphatic carbocycles. The van der Waals surface area contributed by atoms with Crippen LogP contribution in [0, 0.1) is 5.92 Å². The molecule has 27 heavy (non-hydrogen) atoms. The summed E-state index contributed by atoms with van der Waals surface area (Å²) in [6.07, 6.45) is -0.275. The molecular weight excluding hydrogens is 364 g/mol. The van der Waals surface area contributed by atoms with Crippen LogP contribution < -0.4 is 0 Å². The van der Waals surface area contributed by atoms with E-state index in [1.807, 2.05) is 0 Å². The van der Waals surface area contributed by atoms with Gasteiger partial charge in [0, 0.05) is 33.2 Å². The van der Waals surface area contributed by atoms with Crippen molar-refractivity contribution in [2.45, 2.75) is 45.4 Å². The van der Waals surface area contributed by atoms with Crippen LogP contribution >= 0.6 is 0 Å². The minimum absolute atomic E-state index is 0. The Morgan fingerprint density at radius 1 is 0.778 bits per heavy atom. The molecule has 0 radical (unpaired) electrons. The quantitative estimate of drug-likeness (QED) is 0.192. The van der Waals surface area contributed by atoms with Crippen LogP contribution in [-0.4, -0.2) is 109 Å². The highest BCUT2D eigenvalue weighted by molar-refractivity contribution is 4.69. The molecule has 0 rings (SSSR count). The molecule has 10 nitrogen and oxygen atoms in total. The zero-order valence-electron chi connectivity index (χ0n) is 16.1. The predicted molar refractivity (Wildman–Crippen MR) is 99.0 cm³/mol. The van der Waals surface area contributed by atoms with Crippen molar-refractivity contribution in [3.8, 4) is 0 Å². The van der Waals surface area contributed by atoms with Gasteiger partial charge in [0.2, 0.25) is 5.79 Å². The molecule has 0 saturated heterocycles. The molecule has 0 aliphatic heterocycles. The maximum Gasteiger partial charge on any atom is 0.215 e. The number of hydrogen-bond donors (Lipinski definition) is 6. The zero-order chi connectivity index (χ0) is 20.6. The van der Waals surface area contributed by atoms with Crippen molar-refractivity contribution in [1.29, 1.82) is 0 Å². The summed E-state index contributed by atoms with van der Waals surface area (Å²) in [6.45, 7) is 2.04. The average molecular weight is 404 g/mol. The van der Waals surface area contributed by atoms with E-state index in [1.165, 1.54) is 14.2 Å². The number of ether oxygens (including phenoxy) is 4. The third-order valence-electron chi connectivity index (χ3n) is 3.74. The van der Waals surface area contributed by atoms with E-state index >= 15 is 0 Å². The Bertz CT molecular complexity index is 288. The van der Waals surface area contributed by atoms with Crippen LogP contribution in [-0.2, 0) is 18.9 Å². The van der Waals surface area contributed by atoms with Gasteiger partial charge >= 0.3 is 0 Å². The Balaban J connectivity index is -0.000000411. The van der Waals surface area contributed by atoms with Crippen LogP contribution in [0.5, 0.6) is 0 Å². The Labute approximate surface area is 162 Å². The maximum atomic E-state index is 9.00. The van der Waals surface area contributed by atoms with Crippen molar-refractivity contribution in [2.24, 2.45) is 5.92 Å². The van der Waals surface area contributed by atoms with Gasteiger partial charge < -0.3 is 49.6 Å². The molecule has 0 heterocycles. The predicted octanol–water partition coefficient (Wildman–Crippen LogP) is -1.30. The molecule has 6 N–H and O–H groups in total. The summed E-state index contributed by atoms with van der Waals surface area (Å²) in [7, 11) is 2.75. The summed E-state index contributed by atoms with van der Waals surface area (Å²) >= 11 is 0. The summed E-state index contributed by atoms with van der Waals surface area (Å²) in [5.41, 5.74) is 0. The summed E-state index contributed by atoms with van der Waals surface area (Å²) < 4.78 is 20.2. The van der Waals surface area contributed by atoms with E-state index in [-0.39, 0.29) is 46.4 Å². The van der Waals surface area contributed by atoms with Gasteiger partial charge in [-0.2, -0.15) is 0 Å². The smallest absolute Gasteiger partial charge is 0.215 e. The van der Waals surface area contributed by atoms with Crippen LogP contribution in [0.1, 0.15) is 27.7 Å². The fraction of sp³-hybridized carbons (Fsp3) is 1.00. The second kappa shape index (κ2) is 17.7. The van der Waals surface area contributed by atoms with Gasteiger partial charge in [0.15, 0.2) is 5.79 Å². The van der Waals surface area contributed by atoms with E-state index in [1.54, 1.807) is 13.8 Å². The van der Waals surface area contributed by atoms with Crippen LogP contribution in [0.2, 0.25) is 0 Å². The molecule has 2 atom stereocenters. The van der Waals surface area contributed by atoms with Gasteiger partial charge in [-0.15, -0.1) is 0 Å². The maximum absolute atomic E-state index is 9.00. The molecule has 0 aromatic carbocycles. The van der Waals surface area contributed by atoms with E-state index in [9.17, 15) is 0 Å². The molecule has 0 bridgehead atoms. The number of methoxy groups -OCH3 is 2. The summed E-state index contributed by atoms with van der Waals surface area (Å²) in [5, 5.41) is 53.0. The Morgan fingerprint density at radius 3 is 1.48 bits per heavy atom. The van der Waals surface area contributed by atoms with Gasteiger partial charge in [0.05, 0.1) is 39.6 Å². The van der Waals surface area contributed by atoms with Crippen molar-refractivity contribution >= 4 is 0 Å². The first-order valence-electron chi connectivity index (χ1n) is 8.39. The Kier molecular flexibility index (Phi) is 20.5. The summed E-state index contributed by atoms with van der Waals surface area (Å²) in [4.78, 5) is 0. The molecule has 0 saturated carbocycles.